The molecule has 10 nitrogen and oxygen atoms in total. The first-order chi connectivity index (χ1) is 8.90. The molecule has 0 bridgehead atoms. The van der Waals surface area contributed by atoms with Crippen LogP contribution in [0.25, 0.3) is 0 Å². The van der Waals surface area contributed by atoms with Gasteiger partial charge in [0.15, 0.2) is 16.0 Å². The highest BCUT2D eigenvalue weighted by atomic mass is 32.2. The fraction of sp³-hybridized carbons (Fsp3) is 0.125. The lowest BCUT2D eigenvalue weighted by molar-refractivity contribution is -0.392. The van der Waals surface area contributed by atoms with E-state index in [9.17, 15) is 14.9 Å². The lowest BCUT2D eigenvalue weighted by Crippen LogP contribution is -2.16. The fourth-order valence-corrected chi connectivity index (χ4v) is 2.15. The van der Waals surface area contributed by atoms with Gasteiger partial charge in [0.05, 0.1) is 0 Å². The molecule has 0 fully saturated rings. The quantitative estimate of drug-likeness (QED) is 0.394. The van der Waals surface area contributed by atoms with Crippen LogP contribution in [0, 0.1) is 10.1 Å². The molecule has 100 valence electrons. The third-order valence-electron chi connectivity index (χ3n) is 2.19. The van der Waals surface area contributed by atoms with E-state index in [2.05, 4.69) is 15.0 Å². The molecule has 5 N–H and O–H groups in total. The number of nitro groups is 1. The summed E-state index contributed by atoms with van der Waals surface area (Å²) in [6, 6.07) is 0. The number of hydrogen-bond acceptors (Lipinski definition) is 8. The van der Waals surface area contributed by atoms with Crippen molar-refractivity contribution in [1.29, 1.82) is 0 Å². The Labute approximate surface area is 110 Å². The largest absolute Gasteiger partial charge is 0.396 e. The van der Waals surface area contributed by atoms with Gasteiger partial charge in [-0.05, 0) is 21.7 Å². The van der Waals surface area contributed by atoms with E-state index in [0.29, 0.717) is 0 Å². The number of nitrogens with zero attached hydrogens (tertiary/aromatic N) is 4. The van der Waals surface area contributed by atoms with Gasteiger partial charge in [-0.2, -0.15) is 0 Å². The molecule has 19 heavy (non-hydrogen) atoms. The van der Waals surface area contributed by atoms with Crippen LogP contribution in [-0.2, 0) is 7.05 Å². The van der Waals surface area contributed by atoms with Crippen molar-refractivity contribution in [2.24, 2.45) is 7.05 Å². The zero-order valence-electron chi connectivity index (χ0n) is 9.65. The molecule has 0 aromatic carbocycles. The Morgan fingerprint density at radius 1 is 1.53 bits per heavy atom. The molecule has 2 rings (SSSR count). The van der Waals surface area contributed by atoms with Crippen LogP contribution in [0.4, 0.5) is 17.3 Å². The summed E-state index contributed by atoms with van der Waals surface area (Å²) in [5.41, 5.74) is 10.0. The lowest BCUT2D eigenvalue weighted by Gasteiger charge is -2.03. The Morgan fingerprint density at radius 3 is 2.79 bits per heavy atom. The van der Waals surface area contributed by atoms with Crippen LogP contribution in [0.5, 0.6) is 0 Å². The number of aryl methyl sites for hydroxylation is 1. The number of aromatic nitrogens is 4. The molecule has 0 amide bonds. The summed E-state index contributed by atoms with van der Waals surface area (Å²) >= 11 is 0.869. The summed E-state index contributed by atoms with van der Waals surface area (Å²) in [6.07, 6.45) is 1.29. The van der Waals surface area contributed by atoms with Crippen molar-refractivity contribution in [2.75, 3.05) is 11.5 Å². The van der Waals surface area contributed by atoms with Crippen LogP contribution in [0.2, 0.25) is 0 Å². The molecule has 0 radical (unpaired) electrons. The Balaban J connectivity index is 2.45. The Kier molecular flexibility index (Phi) is 3.12. The molecular formula is C8H9N7O3S. The van der Waals surface area contributed by atoms with Gasteiger partial charge in [0.2, 0.25) is 6.33 Å². The number of H-pyrrole nitrogens is 1. The number of nitrogens with two attached hydrogens (primary N) is 2. The van der Waals surface area contributed by atoms with E-state index >= 15 is 0 Å². The lowest BCUT2D eigenvalue weighted by atomic mass is 10.5. The SMILES string of the molecule is Cn1cnc([N+](=O)[O-])c1Sc1nc(N)c(N)c(=O)[nH]1. The predicted molar refractivity (Wildman–Crippen MR) is 67.7 cm³/mol. The summed E-state index contributed by atoms with van der Waals surface area (Å²) in [4.78, 5) is 31.5. The Bertz CT molecular complexity index is 707. The van der Waals surface area contributed by atoms with E-state index < -0.39 is 10.5 Å². The third-order valence-corrected chi connectivity index (χ3v) is 3.24. The van der Waals surface area contributed by atoms with Crippen molar-refractivity contribution in [2.45, 2.75) is 10.2 Å². The number of rotatable bonds is 3. The Hall–Kier alpha value is -2.56. The normalized spacial score (nSPS) is 10.6. The monoisotopic (exact) mass is 283 g/mol. The summed E-state index contributed by atoms with van der Waals surface area (Å²) < 4.78 is 1.44. The fourth-order valence-electron chi connectivity index (χ4n) is 1.27. The highest BCUT2D eigenvalue weighted by molar-refractivity contribution is 7.99. The summed E-state index contributed by atoms with van der Waals surface area (Å²) in [6.45, 7) is 0. The van der Waals surface area contributed by atoms with E-state index in [-0.39, 0.29) is 27.5 Å². The van der Waals surface area contributed by atoms with Crippen LogP contribution < -0.4 is 17.0 Å². The number of imidazole rings is 1. The maximum atomic E-state index is 11.4. The topological polar surface area (TPSA) is 159 Å². The minimum Gasteiger partial charge on any atom is -0.391 e. The molecule has 0 aliphatic rings. The van der Waals surface area contributed by atoms with Gasteiger partial charge in [0.1, 0.15) is 5.69 Å². The first-order valence-electron chi connectivity index (χ1n) is 4.89. The Morgan fingerprint density at radius 2 is 2.21 bits per heavy atom. The third kappa shape index (κ3) is 2.35. The molecule has 0 spiro atoms. The van der Waals surface area contributed by atoms with Gasteiger partial charge >= 0.3 is 5.82 Å². The van der Waals surface area contributed by atoms with Crippen molar-refractivity contribution in [1.82, 2.24) is 19.5 Å². The van der Waals surface area contributed by atoms with Gasteiger partial charge in [0, 0.05) is 7.05 Å². The van der Waals surface area contributed by atoms with E-state index in [1.54, 1.807) is 7.05 Å². The van der Waals surface area contributed by atoms with E-state index in [0.717, 1.165) is 11.8 Å². The minimum atomic E-state index is -0.624. The second kappa shape index (κ2) is 4.61. The second-order valence-electron chi connectivity index (χ2n) is 3.51. The molecule has 2 aromatic rings. The number of nitrogen functional groups attached to an aromatic ring is 2. The van der Waals surface area contributed by atoms with Gasteiger partial charge in [-0.25, -0.2) is 4.98 Å². The van der Waals surface area contributed by atoms with Crippen LogP contribution >= 0.6 is 11.8 Å². The van der Waals surface area contributed by atoms with Crippen molar-refractivity contribution in [3.05, 3.63) is 26.8 Å². The average Bonchev–Trinajstić information content (AvgIpc) is 2.68. The maximum absolute atomic E-state index is 11.4. The minimum absolute atomic E-state index is 0.100. The molecule has 0 unspecified atom stereocenters. The van der Waals surface area contributed by atoms with Gasteiger partial charge in [-0.3, -0.25) is 9.78 Å². The van der Waals surface area contributed by atoms with Gasteiger partial charge in [-0.1, -0.05) is 0 Å². The van der Waals surface area contributed by atoms with E-state index in [4.69, 9.17) is 11.5 Å². The number of aromatic amines is 1. The number of anilines is 2. The van der Waals surface area contributed by atoms with Crippen molar-refractivity contribution in [3.8, 4) is 0 Å². The highest BCUT2D eigenvalue weighted by Gasteiger charge is 2.22. The van der Waals surface area contributed by atoms with E-state index in [1.165, 1.54) is 10.9 Å². The molecular weight excluding hydrogens is 274 g/mol. The molecule has 2 aromatic heterocycles. The zero-order chi connectivity index (χ0) is 14.2. The van der Waals surface area contributed by atoms with Crippen LogP contribution in [0.1, 0.15) is 0 Å². The molecule has 11 heteroatoms. The smallest absolute Gasteiger partial charge is 0.391 e. The maximum Gasteiger partial charge on any atom is 0.396 e. The summed E-state index contributed by atoms with van der Waals surface area (Å²) in [5, 5.41) is 11.1. The van der Waals surface area contributed by atoms with Gasteiger partial charge in [-0.15, -0.1) is 0 Å². The van der Waals surface area contributed by atoms with Crippen LogP contribution in [0.15, 0.2) is 21.3 Å². The number of nitrogens with one attached hydrogen (secondary N) is 1. The zero-order valence-corrected chi connectivity index (χ0v) is 10.5. The molecule has 0 saturated carbocycles. The van der Waals surface area contributed by atoms with Crippen molar-refractivity contribution in [3.63, 3.8) is 0 Å². The van der Waals surface area contributed by atoms with Crippen molar-refractivity contribution < 1.29 is 4.92 Å². The first-order valence-corrected chi connectivity index (χ1v) is 5.70. The molecule has 0 aliphatic heterocycles. The van der Waals surface area contributed by atoms with E-state index in [1.807, 2.05) is 0 Å². The summed E-state index contributed by atoms with van der Waals surface area (Å²) in [7, 11) is 1.58. The standard InChI is InChI=1S/C8H9N7O3S/c1-14-2-11-5(15(17)18)7(14)19-8-12-4(10)3(9)6(16)13-8/h2H,9H2,1H3,(H3,10,12,13,16). The van der Waals surface area contributed by atoms with Crippen LogP contribution in [-0.4, -0.2) is 24.4 Å². The molecule has 0 aliphatic carbocycles. The summed E-state index contributed by atoms with van der Waals surface area (Å²) in [5.74, 6) is -0.457. The molecule has 2 heterocycles. The second-order valence-corrected chi connectivity index (χ2v) is 4.49. The molecule has 0 atom stereocenters. The van der Waals surface area contributed by atoms with Crippen LogP contribution in [0.3, 0.4) is 0 Å². The van der Waals surface area contributed by atoms with Gasteiger partial charge < -0.3 is 26.1 Å². The number of hydrogen-bond donors (Lipinski definition) is 3. The van der Waals surface area contributed by atoms with Gasteiger partial charge in [0.25, 0.3) is 5.56 Å². The average molecular weight is 283 g/mol. The highest BCUT2D eigenvalue weighted by Crippen LogP contribution is 2.31. The van der Waals surface area contributed by atoms with Crippen molar-refractivity contribution >= 4 is 29.1 Å². The predicted octanol–water partition coefficient (Wildman–Crippen LogP) is -0.273. The molecule has 0 saturated heterocycles. The first kappa shape index (κ1) is 12.9.